The van der Waals surface area contributed by atoms with Crippen LogP contribution in [0.5, 0.6) is 0 Å². The Morgan fingerprint density at radius 1 is 1.08 bits per heavy atom. The SMILES string of the molecule is Nc1ccsc1N=Nc1cccs1. The number of thiophene rings is 2. The maximum Gasteiger partial charge on any atom is 0.161 e. The van der Waals surface area contributed by atoms with E-state index in [-0.39, 0.29) is 0 Å². The van der Waals surface area contributed by atoms with E-state index in [1.54, 1.807) is 11.3 Å². The van der Waals surface area contributed by atoms with Crippen LogP contribution < -0.4 is 5.73 Å². The van der Waals surface area contributed by atoms with Crippen molar-refractivity contribution in [2.45, 2.75) is 0 Å². The van der Waals surface area contributed by atoms with Crippen molar-refractivity contribution in [2.24, 2.45) is 10.2 Å². The van der Waals surface area contributed by atoms with Crippen LogP contribution in [0.25, 0.3) is 0 Å². The van der Waals surface area contributed by atoms with E-state index < -0.39 is 0 Å². The first kappa shape index (κ1) is 8.40. The summed E-state index contributed by atoms with van der Waals surface area (Å²) in [5.74, 6) is 0. The molecule has 2 N–H and O–H groups in total. The van der Waals surface area contributed by atoms with Crippen LogP contribution >= 0.6 is 22.7 Å². The van der Waals surface area contributed by atoms with Crippen LogP contribution in [0, 0.1) is 0 Å². The number of nitrogens with zero attached hydrogens (tertiary/aromatic N) is 2. The molecule has 0 saturated carbocycles. The zero-order chi connectivity index (χ0) is 9.10. The Hall–Kier alpha value is -1.20. The number of rotatable bonds is 2. The summed E-state index contributed by atoms with van der Waals surface area (Å²) in [5.41, 5.74) is 6.33. The third kappa shape index (κ3) is 1.93. The molecule has 13 heavy (non-hydrogen) atoms. The molecule has 0 bridgehead atoms. The van der Waals surface area contributed by atoms with Crippen LogP contribution in [0.1, 0.15) is 0 Å². The number of anilines is 1. The molecule has 3 nitrogen and oxygen atoms in total. The molecule has 0 spiro atoms. The fraction of sp³-hybridized carbons (Fsp3) is 0. The maximum absolute atomic E-state index is 5.64. The first-order chi connectivity index (χ1) is 6.36. The quantitative estimate of drug-likeness (QED) is 0.751. The second kappa shape index (κ2) is 3.68. The largest absolute Gasteiger partial charge is 0.396 e. The van der Waals surface area contributed by atoms with Gasteiger partial charge >= 0.3 is 0 Å². The van der Waals surface area contributed by atoms with Crippen LogP contribution in [0.4, 0.5) is 15.7 Å². The summed E-state index contributed by atoms with van der Waals surface area (Å²) in [6.45, 7) is 0. The predicted molar refractivity (Wildman–Crippen MR) is 57.2 cm³/mol. The second-order valence-corrected chi connectivity index (χ2v) is 4.15. The molecule has 0 aliphatic heterocycles. The number of azo groups is 1. The van der Waals surface area contributed by atoms with E-state index in [1.165, 1.54) is 11.3 Å². The lowest BCUT2D eigenvalue weighted by molar-refractivity contribution is 1.28. The van der Waals surface area contributed by atoms with Gasteiger partial charge in [-0.05, 0) is 29.0 Å². The van der Waals surface area contributed by atoms with Crippen LogP contribution in [0.2, 0.25) is 0 Å². The second-order valence-electron chi connectivity index (χ2n) is 2.33. The van der Waals surface area contributed by atoms with E-state index in [1.807, 2.05) is 29.0 Å². The van der Waals surface area contributed by atoms with E-state index in [0.29, 0.717) is 5.69 Å². The summed E-state index contributed by atoms with van der Waals surface area (Å²) in [6, 6.07) is 5.68. The van der Waals surface area contributed by atoms with Gasteiger partial charge in [0.25, 0.3) is 0 Å². The summed E-state index contributed by atoms with van der Waals surface area (Å²) in [6.07, 6.45) is 0. The molecule has 0 saturated heterocycles. The molecule has 0 amide bonds. The molecule has 0 unspecified atom stereocenters. The van der Waals surface area contributed by atoms with Gasteiger partial charge in [-0.15, -0.1) is 32.9 Å². The third-order valence-corrected chi connectivity index (χ3v) is 2.98. The molecule has 0 aliphatic rings. The summed E-state index contributed by atoms with van der Waals surface area (Å²) in [7, 11) is 0. The van der Waals surface area contributed by atoms with Gasteiger partial charge in [0.05, 0.1) is 5.69 Å². The van der Waals surface area contributed by atoms with Crippen LogP contribution in [-0.2, 0) is 0 Å². The van der Waals surface area contributed by atoms with E-state index in [4.69, 9.17) is 5.73 Å². The van der Waals surface area contributed by atoms with Gasteiger partial charge in [0, 0.05) is 0 Å². The fourth-order valence-corrected chi connectivity index (χ4v) is 1.99. The minimum Gasteiger partial charge on any atom is -0.396 e. The monoisotopic (exact) mass is 209 g/mol. The van der Waals surface area contributed by atoms with Crippen molar-refractivity contribution < 1.29 is 0 Å². The predicted octanol–water partition coefficient (Wildman–Crippen LogP) is 3.81. The highest BCUT2D eigenvalue weighted by Crippen LogP contribution is 2.31. The lowest BCUT2D eigenvalue weighted by Gasteiger charge is -1.86. The Morgan fingerprint density at radius 3 is 2.62 bits per heavy atom. The molecule has 0 aliphatic carbocycles. The van der Waals surface area contributed by atoms with Crippen molar-refractivity contribution in [1.82, 2.24) is 0 Å². The topological polar surface area (TPSA) is 50.7 Å². The lowest BCUT2D eigenvalue weighted by atomic mass is 10.5. The zero-order valence-electron chi connectivity index (χ0n) is 6.68. The molecule has 66 valence electrons. The van der Waals surface area contributed by atoms with Gasteiger partial charge in [0.2, 0.25) is 0 Å². The van der Waals surface area contributed by atoms with Gasteiger partial charge in [0.1, 0.15) is 5.00 Å². The molecule has 2 aromatic rings. The normalized spacial score (nSPS) is 11.1. The van der Waals surface area contributed by atoms with E-state index in [0.717, 1.165) is 10.0 Å². The van der Waals surface area contributed by atoms with Crippen molar-refractivity contribution in [2.75, 3.05) is 5.73 Å². The molecule has 0 radical (unpaired) electrons. The van der Waals surface area contributed by atoms with Gasteiger partial charge in [-0.3, -0.25) is 0 Å². The van der Waals surface area contributed by atoms with Gasteiger partial charge in [-0.1, -0.05) is 0 Å². The van der Waals surface area contributed by atoms with E-state index >= 15 is 0 Å². The summed E-state index contributed by atoms with van der Waals surface area (Å²) in [5, 5.41) is 13.6. The molecule has 0 fully saturated rings. The highest BCUT2D eigenvalue weighted by molar-refractivity contribution is 7.14. The Kier molecular flexibility index (Phi) is 2.37. The summed E-state index contributed by atoms with van der Waals surface area (Å²) in [4.78, 5) is 0. The average Bonchev–Trinajstić information content (AvgIpc) is 2.72. The van der Waals surface area contributed by atoms with Gasteiger partial charge in [-0.25, -0.2) is 0 Å². The first-order valence-corrected chi connectivity index (χ1v) is 5.40. The van der Waals surface area contributed by atoms with Crippen LogP contribution in [-0.4, -0.2) is 0 Å². The van der Waals surface area contributed by atoms with Gasteiger partial charge in [0.15, 0.2) is 5.00 Å². The molecule has 2 aromatic heterocycles. The minimum atomic E-state index is 0.685. The molecular weight excluding hydrogens is 202 g/mol. The Balaban J connectivity index is 2.19. The van der Waals surface area contributed by atoms with Crippen molar-refractivity contribution in [3.8, 4) is 0 Å². The van der Waals surface area contributed by atoms with E-state index in [2.05, 4.69) is 10.2 Å². The Labute approximate surface area is 83.6 Å². The minimum absolute atomic E-state index is 0.685. The molecule has 2 heterocycles. The number of hydrogen-bond acceptors (Lipinski definition) is 5. The standard InChI is InChI=1S/C8H7N3S2/c9-6-3-5-13-8(6)11-10-7-2-1-4-12-7/h1-5H,9H2. The number of nitrogens with two attached hydrogens (primary N) is 1. The zero-order valence-corrected chi connectivity index (χ0v) is 8.31. The molecular formula is C8H7N3S2. The first-order valence-electron chi connectivity index (χ1n) is 3.64. The number of nitrogen functional groups attached to an aromatic ring is 1. The fourth-order valence-electron chi connectivity index (χ4n) is 0.814. The van der Waals surface area contributed by atoms with E-state index in [9.17, 15) is 0 Å². The number of hydrogen-bond donors (Lipinski definition) is 1. The maximum atomic E-state index is 5.64. The van der Waals surface area contributed by atoms with Crippen LogP contribution in [0.3, 0.4) is 0 Å². The molecule has 5 heteroatoms. The molecule has 0 aromatic carbocycles. The lowest BCUT2D eigenvalue weighted by Crippen LogP contribution is -1.77. The van der Waals surface area contributed by atoms with Crippen LogP contribution in [0.15, 0.2) is 39.2 Å². The van der Waals surface area contributed by atoms with Crippen molar-refractivity contribution >= 4 is 38.4 Å². The molecule has 0 atom stereocenters. The average molecular weight is 209 g/mol. The Bertz CT molecular complexity index is 403. The summed E-state index contributed by atoms with van der Waals surface area (Å²) < 4.78 is 0. The summed E-state index contributed by atoms with van der Waals surface area (Å²) >= 11 is 3.04. The highest BCUT2D eigenvalue weighted by atomic mass is 32.1. The van der Waals surface area contributed by atoms with Crippen molar-refractivity contribution in [3.05, 3.63) is 29.0 Å². The third-order valence-electron chi connectivity index (χ3n) is 1.42. The van der Waals surface area contributed by atoms with Gasteiger partial charge in [-0.2, -0.15) is 0 Å². The Morgan fingerprint density at radius 2 is 2.00 bits per heavy atom. The molecule has 2 rings (SSSR count). The smallest absolute Gasteiger partial charge is 0.161 e. The van der Waals surface area contributed by atoms with Crippen molar-refractivity contribution in [1.29, 1.82) is 0 Å². The highest BCUT2D eigenvalue weighted by Gasteiger charge is 1.97. The van der Waals surface area contributed by atoms with Crippen molar-refractivity contribution in [3.63, 3.8) is 0 Å². The van der Waals surface area contributed by atoms with Gasteiger partial charge < -0.3 is 5.73 Å².